The minimum Gasteiger partial charge on any atom is -0.480 e. The second-order valence-electron chi connectivity index (χ2n) is 12.6. The molecule has 1 aliphatic heterocycles. The standard InChI is InChI=1S/C31H37ClN4O8/c1-30(2,3)43-25(38)16-42-23-11-17(15-33-29(41)44-31(4,5)6)7-10-21(23)34-24(37)14-20-9-8-18-12-19(32)13-22-26(18)36(20)28(40)27(39)35-22/h7,10-13,20H,8-9,14-16H2,1-6H3,(H,33,41)(H,34,37)(H,35,39)/t20-/m0/s1. The number of anilines is 1. The number of esters is 1. The van der Waals surface area contributed by atoms with Crippen LogP contribution in [0.1, 0.15) is 71.6 Å². The first kappa shape index (κ1) is 32.6. The van der Waals surface area contributed by atoms with E-state index in [0.717, 1.165) is 5.56 Å². The number of hydrogen-bond donors (Lipinski definition) is 3. The lowest BCUT2D eigenvalue weighted by molar-refractivity contribution is -0.157. The van der Waals surface area contributed by atoms with E-state index in [1.54, 1.807) is 71.9 Å². The van der Waals surface area contributed by atoms with Gasteiger partial charge in [-0.2, -0.15) is 0 Å². The number of aryl methyl sites for hydroxylation is 1. The van der Waals surface area contributed by atoms with Gasteiger partial charge in [-0.3, -0.25) is 19.0 Å². The molecular formula is C31H37ClN4O8. The molecule has 4 rings (SSSR count). The van der Waals surface area contributed by atoms with E-state index in [4.69, 9.17) is 25.8 Å². The highest BCUT2D eigenvalue weighted by Gasteiger charge is 2.27. The van der Waals surface area contributed by atoms with Crippen molar-refractivity contribution in [3.05, 3.63) is 67.2 Å². The second-order valence-corrected chi connectivity index (χ2v) is 13.0. The number of carbonyl (C=O) groups excluding carboxylic acids is 3. The molecule has 0 spiro atoms. The SMILES string of the molecule is CC(C)(C)OC(=O)COc1cc(CNC(=O)OC(C)(C)C)ccc1NC(=O)C[C@@H]1CCc2cc(Cl)cc3[nH]c(=O)c(=O)n1c23. The predicted molar refractivity (Wildman–Crippen MR) is 165 cm³/mol. The molecule has 0 saturated carbocycles. The van der Waals surface area contributed by atoms with Gasteiger partial charge in [0.05, 0.1) is 16.7 Å². The van der Waals surface area contributed by atoms with Crippen molar-refractivity contribution in [3.8, 4) is 5.75 Å². The fraction of sp³-hybridized carbons (Fsp3) is 0.452. The van der Waals surface area contributed by atoms with Gasteiger partial charge in [0.2, 0.25) is 5.91 Å². The maximum atomic E-state index is 13.3. The Balaban J connectivity index is 1.55. The number of nitrogens with one attached hydrogen (secondary N) is 3. The summed E-state index contributed by atoms with van der Waals surface area (Å²) in [6.45, 7) is 10.1. The van der Waals surface area contributed by atoms with E-state index >= 15 is 0 Å². The fourth-order valence-corrected chi connectivity index (χ4v) is 5.16. The van der Waals surface area contributed by atoms with Crippen molar-refractivity contribution in [1.82, 2.24) is 14.9 Å². The molecule has 1 aromatic heterocycles. The highest BCUT2D eigenvalue weighted by molar-refractivity contribution is 6.31. The molecule has 236 valence electrons. The lowest BCUT2D eigenvalue weighted by Crippen LogP contribution is -2.41. The van der Waals surface area contributed by atoms with Crippen LogP contribution < -0.4 is 26.5 Å². The Bertz CT molecular complexity index is 1720. The smallest absolute Gasteiger partial charge is 0.407 e. The largest absolute Gasteiger partial charge is 0.480 e. The summed E-state index contributed by atoms with van der Waals surface area (Å²) in [6.07, 6.45) is 0.292. The molecule has 2 heterocycles. The quantitative estimate of drug-likeness (QED) is 0.241. The van der Waals surface area contributed by atoms with Gasteiger partial charge in [-0.1, -0.05) is 17.7 Å². The summed E-state index contributed by atoms with van der Waals surface area (Å²) in [4.78, 5) is 65.7. The number of ether oxygens (including phenoxy) is 3. The molecule has 44 heavy (non-hydrogen) atoms. The first-order valence-corrected chi connectivity index (χ1v) is 14.6. The molecule has 13 heteroatoms. The van der Waals surface area contributed by atoms with Gasteiger partial charge in [-0.05, 0) is 89.8 Å². The Labute approximate surface area is 259 Å². The Hall–Kier alpha value is -4.32. The average Bonchev–Trinajstić information content (AvgIpc) is 2.88. The monoisotopic (exact) mass is 628 g/mol. The summed E-state index contributed by atoms with van der Waals surface area (Å²) in [5.74, 6) is -0.868. The number of carbonyl (C=O) groups is 3. The van der Waals surface area contributed by atoms with E-state index in [9.17, 15) is 24.0 Å². The Morgan fingerprint density at radius 1 is 1.02 bits per heavy atom. The van der Waals surface area contributed by atoms with Crippen LogP contribution in [0, 0.1) is 0 Å². The van der Waals surface area contributed by atoms with E-state index in [1.165, 1.54) is 4.57 Å². The third-order valence-corrected chi connectivity index (χ3v) is 6.73. The van der Waals surface area contributed by atoms with E-state index in [2.05, 4.69) is 15.6 Å². The average molecular weight is 629 g/mol. The van der Waals surface area contributed by atoms with Crippen molar-refractivity contribution in [1.29, 1.82) is 0 Å². The maximum absolute atomic E-state index is 13.3. The minimum absolute atomic E-state index is 0.0961. The minimum atomic E-state index is -0.800. The van der Waals surface area contributed by atoms with Crippen molar-refractivity contribution in [2.45, 2.75) is 84.6 Å². The number of H-pyrrole nitrogens is 1. The van der Waals surface area contributed by atoms with E-state index in [1.807, 2.05) is 0 Å². The van der Waals surface area contributed by atoms with Crippen LogP contribution in [0.25, 0.3) is 11.0 Å². The summed E-state index contributed by atoms with van der Waals surface area (Å²) in [5.41, 5.74) is -0.263. The van der Waals surface area contributed by atoms with Crippen molar-refractivity contribution < 1.29 is 28.6 Å². The van der Waals surface area contributed by atoms with Crippen molar-refractivity contribution in [2.24, 2.45) is 0 Å². The molecule has 0 fully saturated rings. The molecule has 2 amide bonds. The molecule has 0 unspecified atom stereocenters. The van der Waals surface area contributed by atoms with Gasteiger partial charge in [0.25, 0.3) is 0 Å². The highest BCUT2D eigenvalue weighted by Crippen LogP contribution is 2.33. The number of benzene rings is 2. The van der Waals surface area contributed by atoms with Crippen molar-refractivity contribution in [3.63, 3.8) is 0 Å². The number of alkyl carbamates (subject to hydrolysis) is 1. The topological polar surface area (TPSA) is 158 Å². The van der Waals surface area contributed by atoms with Crippen LogP contribution in [0.15, 0.2) is 39.9 Å². The molecular weight excluding hydrogens is 592 g/mol. The molecule has 0 radical (unpaired) electrons. The summed E-state index contributed by atoms with van der Waals surface area (Å²) < 4.78 is 17.7. The molecule has 1 aliphatic rings. The Morgan fingerprint density at radius 2 is 1.73 bits per heavy atom. The van der Waals surface area contributed by atoms with Crippen LogP contribution >= 0.6 is 11.6 Å². The van der Waals surface area contributed by atoms with Crippen LogP contribution in [-0.2, 0) is 32.0 Å². The molecule has 3 N–H and O–H groups in total. The first-order chi connectivity index (χ1) is 20.5. The fourth-order valence-electron chi connectivity index (χ4n) is 4.92. The van der Waals surface area contributed by atoms with E-state index in [0.29, 0.717) is 34.5 Å². The van der Waals surface area contributed by atoms with Gasteiger partial charge in [-0.25, -0.2) is 9.59 Å². The number of amides is 2. The number of aromatic amines is 1. The van der Waals surface area contributed by atoms with Gasteiger partial charge in [0, 0.05) is 24.0 Å². The zero-order valence-electron chi connectivity index (χ0n) is 25.6. The lowest BCUT2D eigenvalue weighted by atomic mass is 9.96. The highest BCUT2D eigenvalue weighted by atomic mass is 35.5. The van der Waals surface area contributed by atoms with Crippen LogP contribution in [0.2, 0.25) is 5.02 Å². The number of nitrogens with zero attached hydrogens (tertiary/aromatic N) is 1. The summed E-state index contributed by atoms with van der Waals surface area (Å²) >= 11 is 6.20. The predicted octanol–water partition coefficient (Wildman–Crippen LogP) is 4.60. The zero-order chi connectivity index (χ0) is 32.4. The molecule has 0 saturated heterocycles. The molecule has 2 aromatic carbocycles. The molecule has 0 bridgehead atoms. The third kappa shape index (κ3) is 8.40. The maximum Gasteiger partial charge on any atom is 0.407 e. The van der Waals surface area contributed by atoms with Crippen LogP contribution in [-0.4, -0.2) is 45.3 Å². The van der Waals surface area contributed by atoms with Gasteiger partial charge in [0.15, 0.2) is 6.61 Å². The zero-order valence-corrected chi connectivity index (χ0v) is 26.3. The molecule has 0 aliphatic carbocycles. The Kier molecular flexibility index (Phi) is 9.43. The van der Waals surface area contributed by atoms with Crippen LogP contribution in [0.4, 0.5) is 10.5 Å². The van der Waals surface area contributed by atoms with Gasteiger partial charge in [-0.15, -0.1) is 0 Å². The van der Waals surface area contributed by atoms with E-state index < -0.39 is 52.9 Å². The summed E-state index contributed by atoms with van der Waals surface area (Å²) in [5, 5.41) is 5.90. The van der Waals surface area contributed by atoms with Gasteiger partial charge < -0.3 is 29.8 Å². The molecule has 1 atom stereocenters. The second kappa shape index (κ2) is 12.7. The first-order valence-electron chi connectivity index (χ1n) is 14.2. The van der Waals surface area contributed by atoms with Crippen molar-refractivity contribution >= 4 is 46.3 Å². The number of aromatic nitrogens is 2. The number of rotatable bonds is 8. The molecule has 3 aromatic rings. The van der Waals surface area contributed by atoms with E-state index in [-0.39, 0.29) is 24.4 Å². The molecule has 12 nitrogen and oxygen atoms in total. The number of halogens is 1. The summed E-state index contributed by atoms with van der Waals surface area (Å²) in [6, 6.07) is 7.60. The lowest BCUT2D eigenvalue weighted by Gasteiger charge is -2.27. The Morgan fingerprint density at radius 3 is 2.41 bits per heavy atom. The van der Waals surface area contributed by atoms with Crippen molar-refractivity contribution in [2.75, 3.05) is 11.9 Å². The normalized spacial score (nSPS) is 14.6. The van der Waals surface area contributed by atoms with Crippen LogP contribution in [0.3, 0.4) is 0 Å². The third-order valence-electron chi connectivity index (χ3n) is 6.51. The van der Waals surface area contributed by atoms with Gasteiger partial charge in [0.1, 0.15) is 17.0 Å². The van der Waals surface area contributed by atoms with Gasteiger partial charge >= 0.3 is 23.2 Å². The summed E-state index contributed by atoms with van der Waals surface area (Å²) in [7, 11) is 0. The number of hydrogen-bond acceptors (Lipinski definition) is 8. The van der Waals surface area contributed by atoms with Crippen LogP contribution in [0.5, 0.6) is 5.75 Å².